The summed E-state index contributed by atoms with van der Waals surface area (Å²) >= 11 is 0. The molecule has 0 spiro atoms. The van der Waals surface area contributed by atoms with Crippen molar-refractivity contribution < 1.29 is 4.79 Å². The number of hydrogen-bond donors (Lipinski definition) is 2. The van der Waals surface area contributed by atoms with Crippen molar-refractivity contribution in [1.82, 2.24) is 20.2 Å². The Bertz CT molecular complexity index is 1440. The zero-order chi connectivity index (χ0) is 28.8. The second-order valence-electron chi connectivity index (χ2n) is 12.4. The summed E-state index contributed by atoms with van der Waals surface area (Å²) in [6, 6.07) is 17.6. The van der Waals surface area contributed by atoms with Crippen molar-refractivity contribution in [1.29, 1.82) is 0 Å². The first-order valence-electron chi connectivity index (χ1n) is 15.5. The maximum Gasteiger partial charge on any atom is 0.232 e. The maximum atomic E-state index is 13.6. The minimum absolute atomic E-state index is 0.247. The Hall–Kier alpha value is -3.44. The molecule has 0 atom stereocenters. The van der Waals surface area contributed by atoms with Crippen LogP contribution in [0.5, 0.6) is 0 Å². The van der Waals surface area contributed by atoms with E-state index in [1.165, 1.54) is 51.7 Å². The maximum absolute atomic E-state index is 13.6. The molecule has 5 heteroatoms. The Morgan fingerprint density at radius 3 is 2.37 bits per heavy atom. The zero-order valence-corrected chi connectivity index (χ0v) is 25.4. The van der Waals surface area contributed by atoms with E-state index in [-0.39, 0.29) is 5.91 Å². The van der Waals surface area contributed by atoms with E-state index in [2.05, 4.69) is 96.4 Å². The molecule has 1 amide bonds. The van der Waals surface area contributed by atoms with Gasteiger partial charge in [0.15, 0.2) is 0 Å². The van der Waals surface area contributed by atoms with Crippen LogP contribution in [-0.2, 0) is 23.1 Å². The summed E-state index contributed by atoms with van der Waals surface area (Å²) in [6.45, 7) is 12.2. The third kappa shape index (κ3) is 6.90. The van der Waals surface area contributed by atoms with Crippen molar-refractivity contribution in [3.05, 3.63) is 88.7 Å². The monoisotopic (exact) mass is 550 g/mol. The summed E-state index contributed by atoms with van der Waals surface area (Å²) in [7, 11) is 0. The van der Waals surface area contributed by atoms with Gasteiger partial charge in [-0.1, -0.05) is 23.3 Å². The third-order valence-corrected chi connectivity index (χ3v) is 8.69. The molecule has 0 aliphatic carbocycles. The summed E-state index contributed by atoms with van der Waals surface area (Å²) < 4.78 is 0. The van der Waals surface area contributed by atoms with Crippen molar-refractivity contribution in [2.75, 3.05) is 26.2 Å². The number of hydrogen-bond acceptors (Lipinski definition) is 3. The van der Waals surface area contributed by atoms with Gasteiger partial charge < -0.3 is 15.2 Å². The molecule has 2 N–H and O–H groups in total. The van der Waals surface area contributed by atoms with Crippen molar-refractivity contribution in [3.8, 4) is 11.3 Å². The standard InChI is InChI=1S/C36H46N4O/c1-26-22-27(2)24-29(23-26)34-31(15-19-37-16-7-6-10-28-13-17-38-18-14-28)32-25-30(11-12-33(32)39-34)36(3,4)35(41)40-20-8-5-9-21-40/h11-14,17-18,22-25,37,39H,5-10,15-16,19-21H2,1-4H3. The van der Waals surface area contributed by atoms with Crippen LogP contribution in [0.15, 0.2) is 60.9 Å². The number of likely N-dealkylation sites (tertiary alicyclic amines) is 1. The van der Waals surface area contributed by atoms with E-state index in [0.29, 0.717) is 0 Å². The normalized spacial score (nSPS) is 14.1. The number of carbonyl (C=O) groups excluding carboxylic acids is 1. The molecule has 1 aliphatic rings. The summed E-state index contributed by atoms with van der Waals surface area (Å²) in [5.74, 6) is 0.247. The highest BCUT2D eigenvalue weighted by Crippen LogP contribution is 2.36. The molecule has 5 rings (SSSR count). The molecule has 41 heavy (non-hydrogen) atoms. The number of piperidine rings is 1. The van der Waals surface area contributed by atoms with Crippen LogP contribution in [0, 0.1) is 13.8 Å². The largest absolute Gasteiger partial charge is 0.354 e. The van der Waals surface area contributed by atoms with Gasteiger partial charge in [-0.2, -0.15) is 0 Å². The Labute approximate surface area is 245 Å². The second kappa shape index (κ2) is 13.0. The minimum Gasteiger partial charge on any atom is -0.354 e. The van der Waals surface area contributed by atoms with Gasteiger partial charge in [0.05, 0.1) is 5.41 Å². The summed E-state index contributed by atoms with van der Waals surface area (Å²) in [4.78, 5) is 23.6. The molecule has 2 aromatic heterocycles. The lowest BCUT2D eigenvalue weighted by atomic mass is 9.82. The first kappa shape index (κ1) is 29.1. The number of unbranched alkanes of at least 4 members (excludes halogenated alkanes) is 1. The predicted molar refractivity (Wildman–Crippen MR) is 170 cm³/mol. The molecule has 1 aliphatic heterocycles. The molecule has 1 saturated heterocycles. The lowest BCUT2D eigenvalue weighted by Crippen LogP contribution is -2.45. The van der Waals surface area contributed by atoms with Crippen molar-refractivity contribution in [2.24, 2.45) is 0 Å². The smallest absolute Gasteiger partial charge is 0.232 e. The van der Waals surface area contributed by atoms with Crippen LogP contribution < -0.4 is 5.32 Å². The minimum atomic E-state index is -0.562. The number of amides is 1. The lowest BCUT2D eigenvalue weighted by molar-refractivity contribution is -0.137. The number of nitrogens with one attached hydrogen (secondary N) is 2. The molecule has 2 aromatic carbocycles. The van der Waals surface area contributed by atoms with Gasteiger partial charge in [0, 0.05) is 42.1 Å². The number of pyridine rings is 1. The Kier molecular flexibility index (Phi) is 9.24. The fraction of sp³-hybridized carbons (Fsp3) is 0.444. The van der Waals surface area contributed by atoms with Crippen LogP contribution >= 0.6 is 0 Å². The fourth-order valence-corrected chi connectivity index (χ4v) is 6.34. The quantitative estimate of drug-likeness (QED) is 0.193. The number of aryl methyl sites for hydroxylation is 3. The summed E-state index contributed by atoms with van der Waals surface area (Å²) in [5.41, 5.74) is 9.32. The molecule has 0 radical (unpaired) electrons. The van der Waals surface area contributed by atoms with Gasteiger partial charge in [0.25, 0.3) is 0 Å². The average molecular weight is 551 g/mol. The molecule has 216 valence electrons. The molecule has 0 bridgehead atoms. The van der Waals surface area contributed by atoms with E-state index in [4.69, 9.17) is 0 Å². The van der Waals surface area contributed by atoms with Gasteiger partial charge in [-0.05, 0) is 144 Å². The highest BCUT2D eigenvalue weighted by molar-refractivity contribution is 5.94. The molecule has 0 saturated carbocycles. The van der Waals surface area contributed by atoms with Gasteiger partial charge >= 0.3 is 0 Å². The molecule has 3 heterocycles. The molecule has 0 unspecified atom stereocenters. The number of benzene rings is 2. The average Bonchev–Trinajstić information content (AvgIpc) is 3.34. The Balaban J connectivity index is 1.36. The van der Waals surface area contributed by atoms with Crippen LogP contribution in [0.3, 0.4) is 0 Å². The number of nitrogens with zero attached hydrogens (tertiary/aromatic N) is 2. The first-order chi connectivity index (χ1) is 19.8. The van der Waals surface area contributed by atoms with Gasteiger partial charge in [-0.15, -0.1) is 0 Å². The van der Waals surface area contributed by atoms with E-state index >= 15 is 0 Å². The number of H-pyrrole nitrogens is 1. The number of aromatic nitrogens is 2. The van der Waals surface area contributed by atoms with E-state index in [0.717, 1.165) is 69.4 Å². The van der Waals surface area contributed by atoms with E-state index in [1.54, 1.807) is 0 Å². The van der Waals surface area contributed by atoms with Crippen molar-refractivity contribution in [3.63, 3.8) is 0 Å². The summed E-state index contributed by atoms with van der Waals surface area (Å²) in [5, 5.41) is 4.93. The Morgan fingerprint density at radius 2 is 1.63 bits per heavy atom. The fourth-order valence-electron chi connectivity index (χ4n) is 6.34. The van der Waals surface area contributed by atoms with Gasteiger partial charge in [-0.3, -0.25) is 9.78 Å². The van der Waals surface area contributed by atoms with Crippen LogP contribution in [0.2, 0.25) is 0 Å². The SMILES string of the molecule is Cc1cc(C)cc(-c2[nH]c3ccc(C(C)(C)C(=O)N4CCCCC4)cc3c2CCNCCCCc2ccncc2)c1. The summed E-state index contributed by atoms with van der Waals surface area (Å²) in [6.07, 6.45) is 11.5. The van der Waals surface area contributed by atoms with Gasteiger partial charge in [0.1, 0.15) is 0 Å². The first-order valence-corrected chi connectivity index (χ1v) is 15.5. The van der Waals surface area contributed by atoms with Crippen molar-refractivity contribution >= 4 is 16.8 Å². The number of aromatic amines is 1. The van der Waals surface area contributed by atoms with Gasteiger partial charge in [0.2, 0.25) is 5.91 Å². The van der Waals surface area contributed by atoms with Crippen LogP contribution in [0.1, 0.15) is 73.8 Å². The van der Waals surface area contributed by atoms with E-state index in [9.17, 15) is 4.79 Å². The second-order valence-corrected chi connectivity index (χ2v) is 12.4. The van der Waals surface area contributed by atoms with Crippen LogP contribution in [0.25, 0.3) is 22.2 Å². The van der Waals surface area contributed by atoms with E-state index in [1.807, 2.05) is 12.4 Å². The van der Waals surface area contributed by atoms with Gasteiger partial charge in [-0.25, -0.2) is 0 Å². The lowest BCUT2D eigenvalue weighted by Gasteiger charge is -2.34. The van der Waals surface area contributed by atoms with E-state index < -0.39 is 5.41 Å². The molecule has 4 aromatic rings. The predicted octanol–water partition coefficient (Wildman–Crippen LogP) is 7.29. The molecule has 1 fully saturated rings. The molecule has 5 nitrogen and oxygen atoms in total. The van der Waals surface area contributed by atoms with Crippen LogP contribution in [-0.4, -0.2) is 47.0 Å². The topological polar surface area (TPSA) is 61.0 Å². The highest BCUT2D eigenvalue weighted by Gasteiger charge is 2.34. The number of carbonyl (C=O) groups is 1. The zero-order valence-electron chi connectivity index (χ0n) is 25.4. The molecular formula is C36H46N4O. The Morgan fingerprint density at radius 1 is 0.902 bits per heavy atom. The molecular weight excluding hydrogens is 504 g/mol. The number of fused-ring (bicyclic) bond motifs is 1. The van der Waals surface area contributed by atoms with Crippen molar-refractivity contribution in [2.45, 2.75) is 78.1 Å². The third-order valence-electron chi connectivity index (χ3n) is 8.69. The highest BCUT2D eigenvalue weighted by atomic mass is 16.2. The van der Waals surface area contributed by atoms with Crippen LogP contribution in [0.4, 0.5) is 0 Å². The number of rotatable bonds is 11.